The maximum absolute atomic E-state index is 13.5. The number of hydrogen-bond donors (Lipinski definition) is 1. The molecule has 0 bridgehead atoms. The molecule has 2 rings (SSSR count). The van der Waals surface area contributed by atoms with Crippen molar-refractivity contribution >= 4 is 33.2 Å². The molecule has 0 aliphatic rings. The molecule has 2 aromatic carbocycles. The van der Waals surface area contributed by atoms with Gasteiger partial charge in [-0.25, -0.2) is 26.3 Å². The van der Waals surface area contributed by atoms with E-state index in [0.717, 1.165) is 0 Å². The van der Waals surface area contributed by atoms with Crippen molar-refractivity contribution in [2.24, 2.45) is 0 Å². The van der Waals surface area contributed by atoms with Crippen LogP contribution in [0, 0.1) is 17.5 Å². The number of hydrogen-bond acceptors (Lipinski definition) is 2. The first-order valence-corrected chi connectivity index (χ1v) is 8.03. The Hall–Kier alpha value is -1.28. The summed E-state index contributed by atoms with van der Waals surface area (Å²) in [5, 5.41) is 0.579. The standard InChI is InChI=1S/C13H8Cl2F3NO2S/c14-8-1-2-9(15)7(5-8)6-19-22(20,21)11-4-3-10(16)12(17)13(11)18/h1-5,19H,6H2. The summed E-state index contributed by atoms with van der Waals surface area (Å²) in [6, 6.07) is 5.56. The van der Waals surface area contributed by atoms with Crippen molar-refractivity contribution in [1.82, 2.24) is 4.72 Å². The molecule has 22 heavy (non-hydrogen) atoms. The molecule has 0 saturated carbocycles. The highest BCUT2D eigenvalue weighted by Gasteiger charge is 2.24. The molecule has 0 radical (unpaired) electrons. The Morgan fingerprint density at radius 2 is 1.68 bits per heavy atom. The third kappa shape index (κ3) is 3.55. The summed E-state index contributed by atoms with van der Waals surface area (Å²) >= 11 is 11.6. The van der Waals surface area contributed by atoms with Crippen molar-refractivity contribution in [2.45, 2.75) is 11.4 Å². The fourth-order valence-corrected chi connectivity index (χ4v) is 3.10. The molecule has 0 amide bonds. The van der Waals surface area contributed by atoms with Crippen molar-refractivity contribution < 1.29 is 21.6 Å². The van der Waals surface area contributed by atoms with E-state index >= 15 is 0 Å². The molecule has 0 aromatic heterocycles. The maximum atomic E-state index is 13.5. The first kappa shape index (κ1) is 17.1. The third-order valence-corrected chi connectivity index (χ3v) is 4.77. The van der Waals surface area contributed by atoms with E-state index in [1.54, 1.807) is 0 Å². The smallest absolute Gasteiger partial charge is 0.207 e. The first-order valence-electron chi connectivity index (χ1n) is 5.79. The second kappa shape index (κ2) is 6.45. The normalized spacial score (nSPS) is 11.7. The van der Waals surface area contributed by atoms with Crippen LogP contribution >= 0.6 is 23.2 Å². The second-order valence-electron chi connectivity index (χ2n) is 4.23. The molecule has 3 nitrogen and oxygen atoms in total. The monoisotopic (exact) mass is 369 g/mol. The summed E-state index contributed by atoms with van der Waals surface area (Å²) in [5.74, 6) is -5.12. The largest absolute Gasteiger partial charge is 0.243 e. The summed E-state index contributed by atoms with van der Waals surface area (Å²) in [6.45, 7) is -0.292. The van der Waals surface area contributed by atoms with Crippen molar-refractivity contribution in [3.05, 3.63) is 63.4 Å². The first-order chi connectivity index (χ1) is 10.2. The third-order valence-electron chi connectivity index (χ3n) is 2.75. The van der Waals surface area contributed by atoms with Crippen LogP contribution in [-0.4, -0.2) is 8.42 Å². The minimum Gasteiger partial charge on any atom is -0.207 e. The predicted molar refractivity (Wildman–Crippen MR) is 76.8 cm³/mol. The van der Waals surface area contributed by atoms with Crippen LogP contribution in [0.25, 0.3) is 0 Å². The number of benzene rings is 2. The average Bonchev–Trinajstić information content (AvgIpc) is 2.45. The fourth-order valence-electron chi connectivity index (χ4n) is 1.65. The Morgan fingerprint density at radius 1 is 1.00 bits per heavy atom. The summed E-state index contributed by atoms with van der Waals surface area (Å²) in [5.41, 5.74) is 0.348. The molecule has 2 aromatic rings. The van der Waals surface area contributed by atoms with E-state index in [2.05, 4.69) is 0 Å². The molecule has 0 spiro atoms. The van der Waals surface area contributed by atoms with Crippen molar-refractivity contribution in [3.63, 3.8) is 0 Å². The topological polar surface area (TPSA) is 46.2 Å². The van der Waals surface area contributed by atoms with Crippen molar-refractivity contribution in [1.29, 1.82) is 0 Å². The Morgan fingerprint density at radius 3 is 2.36 bits per heavy atom. The van der Waals surface area contributed by atoms with E-state index < -0.39 is 32.4 Å². The molecule has 0 unspecified atom stereocenters. The predicted octanol–water partition coefficient (Wildman–Crippen LogP) is 3.89. The van der Waals surface area contributed by atoms with Gasteiger partial charge in [-0.3, -0.25) is 0 Å². The van der Waals surface area contributed by atoms with E-state index in [9.17, 15) is 21.6 Å². The Labute approximate surface area is 134 Å². The van der Waals surface area contributed by atoms with E-state index in [-0.39, 0.29) is 11.6 Å². The molecule has 118 valence electrons. The zero-order chi connectivity index (χ0) is 16.5. The van der Waals surface area contributed by atoms with E-state index in [1.165, 1.54) is 18.2 Å². The summed E-state index contributed by atoms with van der Waals surface area (Å²) in [7, 11) is -4.39. The van der Waals surface area contributed by atoms with Gasteiger partial charge in [0.25, 0.3) is 0 Å². The highest BCUT2D eigenvalue weighted by Crippen LogP contribution is 2.23. The van der Waals surface area contributed by atoms with Crippen LogP contribution in [0.15, 0.2) is 35.2 Å². The van der Waals surface area contributed by atoms with E-state index in [1.807, 2.05) is 4.72 Å². The molecule has 9 heteroatoms. The van der Waals surface area contributed by atoms with Crippen molar-refractivity contribution in [3.8, 4) is 0 Å². The number of sulfonamides is 1. The zero-order valence-electron chi connectivity index (χ0n) is 10.7. The van der Waals surface area contributed by atoms with Gasteiger partial charge in [0.1, 0.15) is 4.90 Å². The molecule has 0 atom stereocenters. The van der Waals surface area contributed by atoms with E-state index in [4.69, 9.17) is 23.2 Å². The van der Waals surface area contributed by atoms with Crippen LogP contribution in [-0.2, 0) is 16.6 Å². The Balaban J connectivity index is 2.29. The van der Waals surface area contributed by atoms with Gasteiger partial charge >= 0.3 is 0 Å². The lowest BCUT2D eigenvalue weighted by Crippen LogP contribution is -2.25. The van der Waals surface area contributed by atoms with Gasteiger partial charge in [0.2, 0.25) is 10.0 Å². The number of nitrogens with one attached hydrogen (secondary N) is 1. The summed E-state index contributed by atoms with van der Waals surface area (Å²) in [6.07, 6.45) is 0. The number of halogens is 5. The van der Waals surface area contributed by atoms with Gasteiger partial charge in [0, 0.05) is 16.6 Å². The highest BCUT2D eigenvalue weighted by atomic mass is 35.5. The number of rotatable bonds is 4. The minimum absolute atomic E-state index is 0.248. The van der Waals surface area contributed by atoms with Crippen LogP contribution in [0.1, 0.15) is 5.56 Å². The van der Waals surface area contributed by atoms with Gasteiger partial charge in [-0.2, -0.15) is 0 Å². The lowest BCUT2D eigenvalue weighted by molar-refractivity contribution is 0.431. The molecule has 0 fully saturated rings. The Kier molecular flexibility index (Phi) is 5.01. The summed E-state index contributed by atoms with van der Waals surface area (Å²) < 4.78 is 65.5. The van der Waals surface area contributed by atoms with Crippen LogP contribution < -0.4 is 4.72 Å². The lowest BCUT2D eigenvalue weighted by Gasteiger charge is -2.10. The molecule has 0 aliphatic carbocycles. The summed E-state index contributed by atoms with van der Waals surface area (Å²) in [4.78, 5) is -0.996. The lowest BCUT2D eigenvalue weighted by atomic mass is 10.2. The van der Waals surface area contributed by atoms with Gasteiger partial charge in [-0.05, 0) is 35.9 Å². The van der Waals surface area contributed by atoms with Gasteiger partial charge in [-0.1, -0.05) is 23.2 Å². The molecular formula is C13H8Cl2F3NO2S. The Bertz CT molecular complexity index is 828. The van der Waals surface area contributed by atoms with Crippen LogP contribution in [0.4, 0.5) is 13.2 Å². The van der Waals surface area contributed by atoms with Gasteiger partial charge in [0.05, 0.1) is 0 Å². The fraction of sp³-hybridized carbons (Fsp3) is 0.0769. The van der Waals surface area contributed by atoms with Gasteiger partial charge < -0.3 is 0 Å². The van der Waals surface area contributed by atoms with Gasteiger partial charge in [0.15, 0.2) is 17.5 Å². The molecule has 0 aliphatic heterocycles. The highest BCUT2D eigenvalue weighted by molar-refractivity contribution is 7.89. The molecular weight excluding hydrogens is 362 g/mol. The van der Waals surface area contributed by atoms with Crippen LogP contribution in [0.2, 0.25) is 10.0 Å². The zero-order valence-corrected chi connectivity index (χ0v) is 13.0. The minimum atomic E-state index is -4.39. The quantitative estimate of drug-likeness (QED) is 0.831. The van der Waals surface area contributed by atoms with Crippen molar-refractivity contribution in [2.75, 3.05) is 0 Å². The van der Waals surface area contributed by atoms with Crippen LogP contribution in [0.5, 0.6) is 0 Å². The molecule has 0 heterocycles. The second-order valence-corrected chi connectivity index (χ2v) is 6.81. The molecule has 1 N–H and O–H groups in total. The average molecular weight is 370 g/mol. The maximum Gasteiger partial charge on any atom is 0.243 e. The molecule has 0 saturated heterocycles. The SMILES string of the molecule is O=S(=O)(NCc1cc(Cl)ccc1Cl)c1ccc(F)c(F)c1F. The van der Waals surface area contributed by atoms with Gasteiger partial charge in [-0.15, -0.1) is 0 Å². The van der Waals surface area contributed by atoms with Crippen LogP contribution in [0.3, 0.4) is 0 Å². The van der Waals surface area contributed by atoms with E-state index in [0.29, 0.717) is 22.7 Å².